The number of benzene rings is 1. The molecule has 0 saturated carbocycles. The van der Waals surface area contributed by atoms with Gasteiger partial charge in [-0.05, 0) is 37.1 Å². The van der Waals surface area contributed by atoms with Gasteiger partial charge in [0.1, 0.15) is 0 Å². The van der Waals surface area contributed by atoms with Gasteiger partial charge in [0.25, 0.3) is 11.8 Å². The highest BCUT2D eigenvalue weighted by Crippen LogP contribution is 2.24. The van der Waals surface area contributed by atoms with Crippen LogP contribution in [0, 0.1) is 5.41 Å². The monoisotopic (exact) mass is 306 g/mol. The van der Waals surface area contributed by atoms with Gasteiger partial charge in [-0.3, -0.25) is 9.59 Å². The van der Waals surface area contributed by atoms with Crippen molar-refractivity contribution in [2.75, 3.05) is 27.2 Å². The van der Waals surface area contributed by atoms with E-state index in [0.717, 1.165) is 12.8 Å². The van der Waals surface area contributed by atoms with Gasteiger partial charge in [-0.15, -0.1) is 0 Å². The number of aliphatic hydroxyl groups is 1. The quantitative estimate of drug-likeness (QED) is 0.808. The maximum absolute atomic E-state index is 12.2. The number of amides is 2. The molecule has 0 atom stereocenters. The summed E-state index contributed by atoms with van der Waals surface area (Å²) in [4.78, 5) is 25.5. The number of carbonyl (C=O) groups excluding carboxylic acids is 2. The van der Waals surface area contributed by atoms with Crippen LogP contribution in [0.5, 0.6) is 0 Å². The standard InChI is InChI=1S/C17H26N2O3/c1-5-17(6-2,12-20)11-18-15(21)13-7-9-14(10-8-13)16(22)19(3)4/h7-10,20H,5-6,11-12H2,1-4H3,(H,18,21). The molecule has 0 spiro atoms. The van der Waals surface area contributed by atoms with Crippen molar-refractivity contribution in [2.45, 2.75) is 26.7 Å². The van der Waals surface area contributed by atoms with Crippen molar-refractivity contribution in [2.24, 2.45) is 5.41 Å². The van der Waals surface area contributed by atoms with Crippen LogP contribution in [0.15, 0.2) is 24.3 Å². The molecule has 1 aromatic carbocycles. The normalized spacial score (nSPS) is 11.1. The van der Waals surface area contributed by atoms with E-state index in [0.29, 0.717) is 17.7 Å². The molecule has 22 heavy (non-hydrogen) atoms. The van der Waals surface area contributed by atoms with Crippen LogP contribution >= 0.6 is 0 Å². The lowest BCUT2D eigenvalue weighted by molar-refractivity contribution is 0.0823. The molecule has 1 rings (SSSR count). The predicted octanol–water partition coefficient (Wildman–Crippen LogP) is 1.92. The smallest absolute Gasteiger partial charge is 0.253 e. The topological polar surface area (TPSA) is 69.6 Å². The van der Waals surface area contributed by atoms with Gasteiger partial charge < -0.3 is 15.3 Å². The zero-order chi connectivity index (χ0) is 16.8. The Kier molecular flexibility index (Phi) is 6.56. The van der Waals surface area contributed by atoms with E-state index in [4.69, 9.17) is 0 Å². The van der Waals surface area contributed by atoms with Crippen LogP contribution in [0.3, 0.4) is 0 Å². The second-order valence-electron chi connectivity index (χ2n) is 5.82. The molecule has 0 heterocycles. The number of hydrogen-bond donors (Lipinski definition) is 2. The number of carbonyl (C=O) groups is 2. The Labute approximate surface area is 132 Å². The Morgan fingerprint density at radius 1 is 1.09 bits per heavy atom. The Hall–Kier alpha value is -1.88. The van der Waals surface area contributed by atoms with Crippen molar-refractivity contribution in [3.8, 4) is 0 Å². The van der Waals surface area contributed by atoms with Crippen molar-refractivity contribution in [1.82, 2.24) is 10.2 Å². The molecule has 122 valence electrons. The van der Waals surface area contributed by atoms with Gasteiger partial charge in [0.15, 0.2) is 0 Å². The third-order valence-electron chi connectivity index (χ3n) is 4.26. The average molecular weight is 306 g/mol. The highest BCUT2D eigenvalue weighted by atomic mass is 16.3. The van der Waals surface area contributed by atoms with Crippen LogP contribution in [0.25, 0.3) is 0 Å². The summed E-state index contributed by atoms with van der Waals surface area (Å²) in [5.41, 5.74) is 0.791. The Morgan fingerprint density at radius 2 is 1.59 bits per heavy atom. The van der Waals surface area contributed by atoms with Crippen molar-refractivity contribution < 1.29 is 14.7 Å². The molecule has 5 nitrogen and oxygen atoms in total. The maximum Gasteiger partial charge on any atom is 0.253 e. The first-order valence-corrected chi connectivity index (χ1v) is 7.60. The summed E-state index contributed by atoms with van der Waals surface area (Å²) < 4.78 is 0. The molecule has 0 aliphatic rings. The van der Waals surface area contributed by atoms with Crippen LogP contribution in [0.1, 0.15) is 47.4 Å². The van der Waals surface area contributed by atoms with Gasteiger partial charge in [0.05, 0.1) is 6.61 Å². The molecule has 5 heteroatoms. The summed E-state index contributed by atoms with van der Waals surface area (Å²) in [6.45, 7) is 4.51. The van der Waals surface area contributed by atoms with Gasteiger partial charge in [-0.2, -0.15) is 0 Å². The van der Waals surface area contributed by atoms with E-state index >= 15 is 0 Å². The van der Waals surface area contributed by atoms with Gasteiger partial charge >= 0.3 is 0 Å². The average Bonchev–Trinajstić information content (AvgIpc) is 2.55. The predicted molar refractivity (Wildman–Crippen MR) is 86.9 cm³/mol. The zero-order valence-electron chi connectivity index (χ0n) is 13.8. The Morgan fingerprint density at radius 3 is 2.00 bits per heavy atom. The van der Waals surface area contributed by atoms with E-state index in [1.54, 1.807) is 38.4 Å². The molecule has 0 aliphatic heterocycles. The molecule has 0 bridgehead atoms. The van der Waals surface area contributed by atoms with E-state index in [2.05, 4.69) is 5.32 Å². The zero-order valence-corrected chi connectivity index (χ0v) is 13.8. The fourth-order valence-electron chi connectivity index (χ4n) is 2.17. The van der Waals surface area contributed by atoms with Crippen LogP contribution < -0.4 is 5.32 Å². The van der Waals surface area contributed by atoms with Gasteiger partial charge in [-0.25, -0.2) is 0 Å². The lowest BCUT2D eigenvalue weighted by atomic mass is 9.83. The summed E-state index contributed by atoms with van der Waals surface area (Å²) in [5, 5.41) is 12.4. The first-order chi connectivity index (χ1) is 10.4. The van der Waals surface area contributed by atoms with E-state index < -0.39 is 0 Å². The SMILES string of the molecule is CCC(CC)(CO)CNC(=O)c1ccc(C(=O)N(C)C)cc1. The molecular formula is C17H26N2O3. The minimum atomic E-state index is -0.267. The minimum Gasteiger partial charge on any atom is -0.396 e. The molecule has 0 saturated heterocycles. The summed E-state index contributed by atoms with van der Waals surface area (Å²) >= 11 is 0. The van der Waals surface area contributed by atoms with Crippen molar-refractivity contribution in [1.29, 1.82) is 0 Å². The highest BCUT2D eigenvalue weighted by Gasteiger charge is 2.26. The lowest BCUT2D eigenvalue weighted by Crippen LogP contribution is -2.39. The molecule has 2 amide bonds. The molecule has 0 fully saturated rings. The van der Waals surface area contributed by atoms with E-state index in [-0.39, 0.29) is 23.8 Å². The second kappa shape index (κ2) is 7.94. The number of aliphatic hydroxyl groups excluding tert-OH is 1. The third kappa shape index (κ3) is 4.31. The van der Waals surface area contributed by atoms with Gasteiger partial charge in [-0.1, -0.05) is 13.8 Å². The largest absolute Gasteiger partial charge is 0.396 e. The molecule has 0 radical (unpaired) electrons. The minimum absolute atomic E-state index is 0.0521. The van der Waals surface area contributed by atoms with E-state index in [1.807, 2.05) is 13.8 Å². The third-order valence-corrected chi connectivity index (χ3v) is 4.26. The summed E-state index contributed by atoms with van der Waals surface area (Å²) in [6.07, 6.45) is 1.60. The molecule has 0 unspecified atom stereocenters. The first kappa shape index (κ1) is 18.2. The maximum atomic E-state index is 12.2. The summed E-state index contributed by atoms with van der Waals surface area (Å²) in [5.74, 6) is -0.285. The van der Waals surface area contributed by atoms with Crippen molar-refractivity contribution in [3.05, 3.63) is 35.4 Å². The van der Waals surface area contributed by atoms with Crippen LogP contribution in [-0.4, -0.2) is 49.1 Å². The summed E-state index contributed by atoms with van der Waals surface area (Å²) in [6, 6.07) is 6.58. The molecule has 0 aromatic heterocycles. The second-order valence-corrected chi connectivity index (χ2v) is 5.82. The lowest BCUT2D eigenvalue weighted by Gasteiger charge is -2.29. The van der Waals surface area contributed by atoms with Crippen LogP contribution in [0.2, 0.25) is 0 Å². The molecule has 2 N–H and O–H groups in total. The highest BCUT2D eigenvalue weighted by molar-refractivity contribution is 5.97. The van der Waals surface area contributed by atoms with E-state index in [9.17, 15) is 14.7 Å². The van der Waals surface area contributed by atoms with Crippen molar-refractivity contribution in [3.63, 3.8) is 0 Å². The fraction of sp³-hybridized carbons (Fsp3) is 0.529. The molecule has 0 aliphatic carbocycles. The number of hydrogen-bond acceptors (Lipinski definition) is 3. The van der Waals surface area contributed by atoms with E-state index in [1.165, 1.54) is 4.90 Å². The van der Waals surface area contributed by atoms with Gasteiger partial charge in [0.2, 0.25) is 0 Å². The molecular weight excluding hydrogens is 280 g/mol. The summed E-state index contributed by atoms with van der Waals surface area (Å²) in [7, 11) is 3.37. The fourth-order valence-corrected chi connectivity index (χ4v) is 2.17. The first-order valence-electron chi connectivity index (χ1n) is 7.60. The van der Waals surface area contributed by atoms with Crippen molar-refractivity contribution >= 4 is 11.8 Å². The number of nitrogens with one attached hydrogen (secondary N) is 1. The van der Waals surface area contributed by atoms with Gasteiger partial charge in [0, 0.05) is 37.2 Å². The van der Waals surface area contributed by atoms with Crippen LogP contribution in [0.4, 0.5) is 0 Å². The number of nitrogens with zero attached hydrogens (tertiary/aromatic N) is 1. The van der Waals surface area contributed by atoms with Crippen LogP contribution in [-0.2, 0) is 0 Å². The number of rotatable bonds is 7. The Bertz CT molecular complexity index is 497. The molecule has 1 aromatic rings. The Balaban J connectivity index is 2.73.